The van der Waals surface area contributed by atoms with E-state index in [9.17, 15) is 14.7 Å². The lowest BCUT2D eigenvalue weighted by atomic mass is 9.66. The predicted octanol–water partition coefficient (Wildman–Crippen LogP) is 3.85. The van der Waals surface area contributed by atoms with Gasteiger partial charge in [-0.05, 0) is 36.2 Å². The topological polar surface area (TPSA) is 69.6 Å². The van der Waals surface area contributed by atoms with Crippen molar-refractivity contribution in [1.82, 2.24) is 10.2 Å². The van der Waals surface area contributed by atoms with Crippen LogP contribution in [0.15, 0.2) is 54.6 Å². The summed E-state index contributed by atoms with van der Waals surface area (Å²) in [6.07, 6.45) is 0.441. The maximum absolute atomic E-state index is 13.0. The van der Waals surface area contributed by atoms with Crippen LogP contribution in [0.3, 0.4) is 0 Å². The van der Waals surface area contributed by atoms with Gasteiger partial charge < -0.3 is 15.3 Å². The van der Waals surface area contributed by atoms with E-state index in [1.807, 2.05) is 39.0 Å². The van der Waals surface area contributed by atoms with Crippen LogP contribution in [0.5, 0.6) is 0 Å². The minimum Gasteiger partial charge on any atom is -0.384 e. The minimum atomic E-state index is -1.04. The van der Waals surface area contributed by atoms with Gasteiger partial charge in [-0.2, -0.15) is 0 Å². The molecule has 1 aliphatic heterocycles. The maximum atomic E-state index is 13.0. The molecule has 6 heteroatoms. The molecule has 30 heavy (non-hydrogen) atoms. The first-order valence-electron chi connectivity index (χ1n) is 10.2. The fourth-order valence-corrected chi connectivity index (χ4v) is 4.23. The van der Waals surface area contributed by atoms with Crippen molar-refractivity contribution in [1.29, 1.82) is 0 Å². The first-order chi connectivity index (χ1) is 14.1. The van der Waals surface area contributed by atoms with Crippen molar-refractivity contribution in [2.45, 2.75) is 32.8 Å². The van der Waals surface area contributed by atoms with Crippen LogP contribution in [-0.4, -0.2) is 41.5 Å². The Bertz CT molecular complexity index is 898. The fraction of sp³-hybridized carbons (Fsp3) is 0.417. The Kier molecular flexibility index (Phi) is 6.53. The first kappa shape index (κ1) is 22.3. The Labute approximate surface area is 183 Å². The average molecular weight is 429 g/mol. The molecule has 0 aliphatic carbocycles. The first-order valence-corrected chi connectivity index (χ1v) is 10.6. The number of likely N-dealkylation sites (tertiary alicyclic amines) is 1. The molecule has 1 heterocycles. The fourth-order valence-electron chi connectivity index (χ4n) is 4.11. The molecule has 1 fully saturated rings. The van der Waals surface area contributed by atoms with E-state index in [2.05, 4.69) is 5.32 Å². The van der Waals surface area contributed by atoms with Crippen LogP contribution in [0.1, 0.15) is 43.1 Å². The van der Waals surface area contributed by atoms with E-state index in [1.165, 1.54) is 0 Å². The summed E-state index contributed by atoms with van der Waals surface area (Å²) in [5.41, 5.74) is -0.197. The number of rotatable bonds is 5. The van der Waals surface area contributed by atoms with Gasteiger partial charge in [0.05, 0.1) is 11.5 Å². The third-order valence-electron chi connectivity index (χ3n) is 6.11. The number of benzene rings is 2. The van der Waals surface area contributed by atoms with Gasteiger partial charge >= 0.3 is 0 Å². The smallest absolute Gasteiger partial charge is 0.251 e. The second-order valence-electron chi connectivity index (χ2n) is 8.74. The van der Waals surface area contributed by atoms with Gasteiger partial charge in [-0.15, -0.1) is 0 Å². The molecule has 3 rings (SSSR count). The van der Waals surface area contributed by atoms with E-state index >= 15 is 0 Å². The quantitative estimate of drug-likeness (QED) is 0.759. The summed E-state index contributed by atoms with van der Waals surface area (Å²) in [6, 6.07) is 16.2. The second kappa shape index (κ2) is 8.78. The summed E-state index contributed by atoms with van der Waals surface area (Å²) in [5.74, 6) is -0.559. The lowest BCUT2D eigenvalue weighted by Crippen LogP contribution is -2.57. The summed E-state index contributed by atoms with van der Waals surface area (Å²) >= 11 is 5.99. The number of nitrogens with zero attached hydrogens (tertiary/aromatic N) is 1. The Balaban J connectivity index is 1.62. The largest absolute Gasteiger partial charge is 0.384 e. The Morgan fingerprint density at radius 3 is 2.37 bits per heavy atom. The normalized spacial score (nSPS) is 21.7. The Hall–Kier alpha value is -2.37. The van der Waals surface area contributed by atoms with Crippen molar-refractivity contribution in [2.24, 2.45) is 11.3 Å². The molecule has 0 radical (unpaired) electrons. The monoisotopic (exact) mass is 428 g/mol. The van der Waals surface area contributed by atoms with Gasteiger partial charge in [-0.1, -0.05) is 62.7 Å². The van der Waals surface area contributed by atoms with E-state index in [4.69, 9.17) is 11.6 Å². The average Bonchev–Trinajstić information content (AvgIpc) is 2.74. The van der Waals surface area contributed by atoms with Crippen LogP contribution >= 0.6 is 11.6 Å². The zero-order chi connectivity index (χ0) is 21.9. The number of amides is 2. The molecule has 2 aromatic carbocycles. The molecular weight excluding hydrogens is 400 g/mol. The molecule has 5 nitrogen and oxygen atoms in total. The van der Waals surface area contributed by atoms with Gasteiger partial charge in [0, 0.05) is 35.6 Å². The van der Waals surface area contributed by atoms with Crippen LogP contribution in [-0.2, 0) is 10.4 Å². The van der Waals surface area contributed by atoms with Crippen molar-refractivity contribution in [3.63, 3.8) is 0 Å². The van der Waals surface area contributed by atoms with Gasteiger partial charge in [0.1, 0.15) is 0 Å². The van der Waals surface area contributed by atoms with E-state index in [1.54, 1.807) is 41.3 Å². The van der Waals surface area contributed by atoms with Crippen LogP contribution in [0.2, 0.25) is 5.02 Å². The van der Waals surface area contributed by atoms with Crippen molar-refractivity contribution in [3.05, 3.63) is 70.7 Å². The number of hydrogen-bond acceptors (Lipinski definition) is 3. The summed E-state index contributed by atoms with van der Waals surface area (Å²) in [5, 5.41) is 14.9. The standard InChI is InChI=1S/C24H29ClN2O3/c1-17(15-26-21(28)18-7-5-4-6-8-18)22(29)27-14-13-24(30,23(2,3)16-27)19-9-11-20(25)12-10-19/h4-12,17,30H,13-16H2,1-3H3,(H,26,28)/t17-,24+/m1/s1. The molecule has 2 aromatic rings. The van der Waals surface area contributed by atoms with Gasteiger partial charge in [-0.3, -0.25) is 9.59 Å². The van der Waals surface area contributed by atoms with Gasteiger partial charge in [0.15, 0.2) is 0 Å². The van der Waals surface area contributed by atoms with Crippen LogP contribution in [0.4, 0.5) is 0 Å². The maximum Gasteiger partial charge on any atom is 0.251 e. The zero-order valence-electron chi connectivity index (χ0n) is 17.7. The lowest BCUT2D eigenvalue weighted by molar-refractivity contribution is -0.156. The molecule has 2 N–H and O–H groups in total. The van der Waals surface area contributed by atoms with Crippen LogP contribution in [0.25, 0.3) is 0 Å². The molecule has 160 valence electrons. The van der Waals surface area contributed by atoms with Crippen LogP contribution < -0.4 is 5.32 Å². The molecule has 0 saturated carbocycles. The number of carbonyl (C=O) groups excluding carboxylic acids is 2. The third kappa shape index (κ3) is 4.52. The van der Waals surface area contributed by atoms with Gasteiger partial charge in [-0.25, -0.2) is 0 Å². The molecular formula is C24H29ClN2O3. The van der Waals surface area contributed by atoms with Crippen molar-refractivity contribution in [2.75, 3.05) is 19.6 Å². The zero-order valence-corrected chi connectivity index (χ0v) is 18.4. The van der Waals surface area contributed by atoms with Crippen LogP contribution in [0, 0.1) is 11.3 Å². The molecule has 0 aromatic heterocycles. The highest BCUT2D eigenvalue weighted by atomic mass is 35.5. The number of halogens is 1. The molecule has 0 spiro atoms. The summed E-state index contributed by atoms with van der Waals surface area (Å²) in [4.78, 5) is 27.0. The highest BCUT2D eigenvalue weighted by Gasteiger charge is 2.49. The number of carbonyl (C=O) groups is 2. The van der Waals surface area contributed by atoms with Gasteiger partial charge in [0.25, 0.3) is 5.91 Å². The summed E-state index contributed by atoms with van der Waals surface area (Å²) < 4.78 is 0. The van der Waals surface area contributed by atoms with Gasteiger partial charge in [0.2, 0.25) is 5.91 Å². The molecule has 0 unspecified atom stereocenters. The predicted molar refractivity (Wildman–Crippen MR) is 118 cm³/mol. The number of nitrogens with one attached hydrogen (secondary N) is 1. The molecule has 2 amide bonds. The highest BCUT2D eigenvalue weighted by Crippen LogP contribution is 2.46. The number of hydrogen-bond donors (Lipinski definition) is 2. The number of piperidine rings is 1. The molecule has 0 bridgehead atoms. The molecule has 1 aliphatic rings. The van der Waals surface area contributed by atoms with Crippen molar-refractivity contribution >= 4 is 23.4 Å². The number of aliphatic hydroxyl groups is 1. The molecule has 1 saturated heterocycles. The lowest BCUT2D eigenvalue weighted by Gasteiger charge is -2.51. The van der Waals surface area contributed by atoms with E-state index in [-0.39, 0.29) is 24.3 Å². The van der Waals surface area contributed by atoms with E-state index < -0.39 is 11.0 Å². The summed E-state index contributed by atoms with van der Waals surface area (Å²) in [6.45, 7) is 6.93. The van der Waals surface area contributed by atoms with E-state index in [0.29, 0.717) is 30.1 Å². The molecule has 2 atom stereocenters. The highest BCUT2D eigenvalue weighted by molar-refractivity contribution is 6.30. The van der Waals surface area contributed by atoms with E-state index in [0.717, 1.165) is 5.56 Å². The van der Waals surface area contributed by atoms with Crippen molar-refractivity contribution < 1.29 is 14.7 Å². The third-order valence-corrected chi connectivity index (χ3v) is 6.36. The minimum absolute atomic E-state index is 0.0189. The Morgan fingerprint density at radius 1 is 1.13 bits per heavy atom. The second-order valence-corrected chi connectivity index (χ2v) is 9.17. The summed E-state index contributed by atoms with van der Waals surface area (Å²) in [7, 11) is 0. The SMILES string of the molecule is C[C@H](CNC(=O)c1ccccc1)C(=O)N1CC[C@](O)(c2ccc(Cl)cc2)C(C)(C)C1. The van der Waals surface area contributed by atoms with Crippen molar-refractivity contribution in [3.8, 4) is 0 Å². The Morgan fingerprint density at radius 2 is 1.77 bits per heavy atom.